The molecule has 0 saturated heterocycles. The van der Waals surface area contributed by atoms with Crippen LogP contribution in [0.3, 0.4) is 0 Å². The lowest BCUT2D eigenvalue weighted by Gasteiger charge is -2.11. The summed E-state index contributed by atoms with van der Waals surface area (Å²) in [5.41, 5.74) is 0.243. The molecule has 0 N–H and O–H groups in total. The Morgan fingerprint density at radius 1 is 1.32 bits per heavy atom. The van der Waals surface area contributed by atoms with Crippen LogP contribution >= 0.6 is 0 Å². The molecular formula is C14H18O5. The third kappa shape index (κ3) is 4.44. The summed E-state index contributed by atoms with van der Waals surface area (Å²) in [7, 11) is 2.95. The van der Waals surface area contributed by atoms with Crippen molar-refractivity contribution in [3.63, 3.8) is 0 Å². The van der Waals surface area contributed by atoms with Crippen molar-refractivity contribution in [3.05, 3.63) is 37.3 Å². The fourth-order valence-electron chi connectivity index (χ4n) is 1.45. The molecule has 19 heavy (non-hydrogen) atoms. The maximum atomic E-state index is 11.8. The fourth-order valence-corrected chi connectivity index (χ4v) is 1.45. The highest BCUT2D eigenvalue weighted by molar-refractivity contribution is 5.93. The lowest BCUT2D eigenvalue weighted by molar-refractivity contribution is -0.213. The Morgan fingerprint density at radius 2 is 2.11 bits per heavy atom. The summed E-state index contributed by atoms with van der Waals surface area (Å²) in [6.45, 7) is 5.12. The highest BCUT2D eigenvalue weighted by atomic mass is 17.2. The van der Waals surface area contributed by atoms with E-state index in [1.807, 2.05) is 0 Å². The van der Waals surface area contributed by atoms with E-state index in [1.54, 1.807) is 18.2 Å². The quantitative estimate of drug-likeness (QED) is 0.411. The molecule has 104 valence electrons. The van der Waals surface area contributed by atoms with Crippen LogP contribution in [-0.2, 0) is 9.78 Å². The van der Waals surface area contributed by atoms with E-state index < -0.39 is 5.97 Å². The summed E-state index contributed by atoms with van der Waals surface area (Å²) >= 11 is 0. The smallest absolute Gasteiger partial charge is 0.376 e. The molecule has 0 heterocycles. The molecule has 0 amide bonds. The van der Waals surface area contributed by atoms with Gasteiger partial charge in [0.15, 0.2) is 11.5 Å². The Balaban J connectivity index is 2.61. The van der Waals surface area contributed by atoms with Gasteiger partial charge < -0.3 is 9.47 Å². The van der Waals surface area contributed by atoms with Crippen molar-refractivity contribution in [1.82, 2.24) is 0 Å². The van der Waals surface area contributed by atoms with Crippen LogP contribution in [0.5, 0.6) is 11.5 Å². The van der Waals surface area contributed by atoms with Gasteiger partial charge in [-0.25, -0.2) is 4.79 Å². The largest absolute Gasteiger partial charge is 0.493 e. The number of carbonyl (C=O) groups is 1. The molecule has 0 aliphatic rings. The molecule has 0 spiro atoms. The van der Waals surface area contributed by atoms with Gasteiger partial charge in [-0.15, -0.1) is 0 Å². The monoisotopic (exact) mass is 266 g/mol. The molecule has 0 saturated carbocycles. The average Bonchev–Trinajstić information content (AvgIpc) is 2.45. The molecule has 0 fully saturated rings. The minimum Gasteiger partial charge on any atom is -0.493 e. The minimum atomic E-state index is -0.637. The van der Waals surface area contributed by atoms with Crippen LogP contribution in [0.1, 0.15) is 29.6 Å². The second-order valence-electron chi connectivity index (χ2n) is 3.67. The topological polar surface area (TPSA) is 54.0 Å². The molecule has 0 aliphatic carbocycles. The van der Waals surface area contributed by atoms with Gasteiger partial charge in [-0.05, 0) is 18.6 Å². The van der Waals surface area contributed by atoms with Crippen LogP contribution < -0.4 is 9.47 Å². The zero-order valence-electron chi connectivity index (χ0n) is 11.2. The Kier molecular flexibility index (Phi) is 6.74. The number of methoxy groups -OCH3 is 2. The van der Waals surface area contributed by atoms with Crippen molar-refractivity contribution in [2.45, 2.75) is 19.3 Å². The van der Waals surface area contributed by atoms with Crippen molar-refractivity contribution in [1.29, 1.82) is 0 Å². The van der Waals surface area contributed by atoms with Gasteiger partial charge in [0.25, 0.3) is 0 Å². The van der Waals surface area contributed by atoms with E-state index in [4.69, 9.17) is 14.4 Å². The standard InChI is InChI=1S/C14H18O5/c1-4-5-6-10-18-19-14(15)11-8-7-9-12(16-2)13(11)17-3/h7-10H,1,4-6H2,2-3H3. The van der Waals surface area contributed by atoms with E-state index >= 15 is 0 Å². The number of hydrogen-bond acceptors (Lipinski definition) is 5. The van der Waals surface area contributed by atoms with Gasteiger partial charge in [-0.2, -0.15) is 4.89 Å². The summed E-state index contributed by atoms with van der Waals surface area (Å²) in [5.74, 6) is 0.135. The Labute approximate surface area is 113 Å². The van der Waals surface area contributed by atoms with E-state index in [2.05, 4.69) is 11.8 Å². The normalized spacial score (nSPS) is 10.1. The lowest BCUT2D eigenvalue weighted by atomic mass is 10.2. The van der Waals surface area contributed by atoms with Crippen LogP contribution in [0.25, 0.3) is 0 Å². The van der Waals surface area contributed by atoms with Gasteiger partial charge >= 0.3 is 5.97 Å². The SMILES string of the molecule is [CH2]CCC[CH]OOC(=O)c1cccc(OC)c1OC. The first-order valence-corrected chi connectivity index (χ1v) is 5.94. The van der Waals surface area contributed by atoms with Crippen LogP contribution in [0.2, 0.25) is 0 Å². The number of hydrogen-bond donors (Lipinski definition) is 0. The van der Waals surface area contributed by atoms with Gasteiger partial charge in [-0.3, -0.25) is 4.89 Å². The number of unbranched alkanes of at least 4 members (excludes halogenated alkanes) is 2. The molecule has 0 aromatic heterocycles. The highest BCUT2D eigenvalue weighted by Crippen LogP contribution is 2.31. The molecule has 1 aromatic carbocycles. The van der Waals surface area contributed by atoms with Gasteiger partial charge in [0.2, 0.25) is 0 Å². The molecule has 0 aliphatic heterocycles. The summed E-state index contributed by atoms with van der Waals surface area (Å²) in [4.78, 5) is 21.2. The van der Waals surface area contributed by atoms with E-state index in [0.717, 1.165) is 12.8 Å². The summed E-state index contributed by atoms with van der Waals surface area (Å²) in [6.07, 6.45) is 2.35. The zero-order valence-corrected chi connectivity index (χ0v) is 11.2. The van der Waals surface area contributed by atoms with Gasteiger partial charge in [0, 0.05) is 0 Å². The molecule has 1 rings (SSSR count). The van der Waals surface area contributed by atoms with Crippen molar-refractivity contribution >= 4 is 5.97 Å². The third-order valence-electron chi connectivity index (χ3n) is 2.39. The van der Waals surface area contributed by atoms with E-state index in [1.165, 1.54) is 20.8 Å². The molecule has 0 unspecified atom stereocenters. The number of ether oxygens (including phenoxy) is 2. The van der Waals surface area contributed by atoms with Crippen molar-refractivity contribution in [3.8, 4) is 11.5 Å². The van der Waals surface area contributed by atoms with E-state index in [9.17, 15) is 4.79 Å². The maximum Gasteiger partial charge on any atom is 0.376 e. The van der Waals surface area contributed by atoms with Crippen LogP contribution in [0, 0.1) is 13.5 Å². The third-order valence-corrected chi connectivity index (χ3v) is 2.39. The number of carbonyl (C=O) groups excluding carboxylic acids is 1. The highest BCUT2D eigenvalue weighted by Gasteiger charge is 2.18. The second-order valence-corrected chi connectivity index (χ2v) is 3.67. The second kappa shape index (κ2) is 8.37. The first-order valence-electron chi connectivity index (χ1n) is 5.94. The lowest BCUT2D eigenvalue weighted by Crippen LogP contribution is -2.07. The number of para-hydroxylation sites is 1. The summed E-state index contributed by atoms with van der Waals surface area (Å²) < 4.78 is 10.2. The maximum absolute atomic E-state index is 11.8. The Morgan fingerprint density at radius 3 is 2.74 bits per heavy atom. The molecule has 5 heteroatoms. The molecule has 0 bridgehead atoms. The van der Waals surface area contributed by atoms with Crippen LogP contribution in [0.15, 0.2) is 18.2 Å². The Hall–Kier alpha value is -1.75. The summed E-state index contributed by atoms with van der Waals surface area (Å²) in [6, 6.07) is 4.93. The molecule has 0 atom stereocenters. The fraction of sp³-hybridized carbons (Fsp3) is 0.357. The van der Waals surface area contributed by atoms with Gasteiger partial charge in [0.05, 0.1) is 14.2 Å². The molecular weight excluding hydrogens is 248 g/mol. The number of benzene rings is 1. The summed E-state index contributed by atoms with van der Waals surface area (Å²) in [5, 5.41) is 0. The molecule has 5 nitrogen and oxygen atoms in total. The Bertz CT molecular complexity index is 403. The van der Waals surface area contributed by atoms with E-state index in [-0.39, 0.29) is 5.56 Å². The van der Waals surface area contributed by atoms with Crippen LogP contribution in [0.4, 0.5) is 0 Å². The first-order chi connectivity index (χ1) is 9.24. The average molecular weight is 266 g/mol. The zero-order chi connectivity index (χ0) is 14.1. The molecule has 2 radical (unpaired) electrons. The van der Waals surface area contributed by atoms with Crippen LogP contribution in [-0.4, -0.2) is 20.2 Å². The predicted octanol–water partition coefficient (Wildman–Crippen LogP) is 2.96. The first kappa shape index (κ1) is 15.3. The number of rotatable bonds is 8. The van der Waals surface area contributed by atoms with Gasteiger partial charge in [-0.1, -0.05) is 25.8 Å². The van der Waals surface area contributed by atoms with Crippen molar-refractivity contribution in [2.24, 2.45) is 0 Å². The van der Waals surface area contributed by atoms with Crippen molar-refractivity contribution < 1.29 is 24.0 Å². The van der Waals surface area contributed by atoms with Crippen molar-refractivity contribution in [2.75, 3.05) is 14.2 Å². The van der Waals surface area contributed by atoms with Gasteiger partial charge in [0.1, 0.15) is 12.2 Å². The van der Waals surface area contributed by atoms with E-state index in [0.29, 0.717) is 17.9 Å². The minimum absolute atomic E-state index is 0.243. The molecule has 1 aromatic rings. The predicted molar refractivity (Wildman–Crippen MR) is 69.6 cm³/mol.